The fourth-order valence-corrected chi connectivity index (χ4v) is 1.63. The Hall–Kier alpha value is -2.05. The number of halogens is 1. The molecule has 2 rings (SSSR count). The number of benzene rings is 2. The standard InChI is InChI=1S/C13H12BFO4/c1-18-13-8-11(5-6-12(13)14(16)17)19-10-4-2-3-9(15)7-10/h2-8,16-17H,1H3. The zero-order valence-electron chi connectivity index (χ0n) is 10.2. The van der Waals surface area contributed by atoms with E-state index < -0.39 is 12.9 Å². The van der Waals surface area contributed by atoms with Gasteiger partial charge in [0.25, 0.3) is 0 Å². The summed E-state index contributed by atoms with van der Waals surface area (Å²) in [6.07, 6.45) is 0. The highest BCUT2D eigenvalue weighted by atomic mass is 19.1. The van der Waals surface area contributed by atoms with E-state index in [1.165, 1.54) is 37.4 Å². The van der Waals surface area contributed by atoms with Gasteiger partial charge in [-0.3, -0.25) is 0 Å². The van der Waals surface area contributed by atoms with Crippen molar-refractivity contribution in [3.63, 3.8) is 0 Å². The molecule has 0 aromatic heterocycles. The quantitative estimate of drug-likeness (QED) is 0.815. The van der Waals surface area contributed by atoms with Gasteiger partial charge in [-0.1, -0.05) is 12.1 Å². The molecule has 0 heterocycles. The maximum absolute atomic E-state index is 13.0. The molecular weight excluding hydrogens is 250 g/mol. The summed E-state index contributed by atoms with van der Waals surface area (Å²) in [5, 5.41) is 18.3. The first-order valence-electron chi connectivity index (χ1n) is 5.57. The summed E-state index contributed by atoms with van der Waals surface area (Å²) in [4.78, 5) is 0. The molecule has 0 aliphatic rings. The van der Waals surface area contributed by atoms with Crippen LogP contribution in [0.2, 0.25) is 0 Å². The lowest BCUT2D eigenvalue weighted by Gasteiger charge is -2.11. The van der Waals surface area contributed by atoms with Gasteiger partial charge in [0.1, 0.15) is 23.1 Å². The summed E-state index contributed by atoms with van der Waals surface area (Å²) in [5.74, 6) is 0.641. The molecule has 4 nitrogen and oxygen atoms in total. The van der Waals surface area contributed by atoms with Crippen molar-refractivity contribution in [3.05, 3.63) is 48.3 Å². The van der Waals surface area contributed by atoms with Gasteiger partial charge in [-0.25, -0.2) is 4.39 Å². The topological polar surface area (TPSA) is 58.9 Å². The Morgan fingerprint density at radius 2 is 1.79 bits per heavy atom. The van der Waals surface area contributed by atoms with Crippen LogP contribution in [0.25, 0.3) is 0 Å². The van der Waals surface area contributed by atoms with Gasteiger partial charge in [-0.05, 0) is 18.2 Å². The first kappa shape index (κ1) is 13.4. The molecule has 0 radical (unpaired) electrons. The van der Waals surface area contributed by atoms with Gasteiger partial charge in [-0.15, -0.1) is 0 Å². The van der Waals surface area contributed by atoms with Crippen molar-refractivity contribution in [3.8, 4) is 17.2 Å². The predicted octanol–water partition coefficient (Wildman–Crippen LogP) is 1.31. The van der Waals surface area contributed by atoms with Crippen LogP contribution in [0.15, 0.2) is 42.5 Å². The lowest BCUT2D eigenvalue weighted by Crippen LogP contribution is -2.31. The molecule has 0 amide bonds. The number of hydrogen-bond acceptors (Lipinski definition) is 4. The Balaban J connectivity index is 2.26. The molecule has 0 atom stereocenters. The van der Waals surface area contributed by atoms with Crippen molar-refractivity contribution in [2.75, 3.05) is 7.11 Å². The lowest BCUT2D eigenvalue weighted by atomic mass is 9.79. The van der Waals surface area contributed by atoms with Gasteiger partial charge in [0.2, 0.25) is 0 Å². The Kier molecular flexibility index (Phi) is 4.04. The largest absolute Gasteiger partial charge is 0.497 e. The first-order chi connectivity index (χ1) is 9.10. The fourth-order valence-electron chi connectivity index (χ4n) is 1.63. The van der Waals surface area contributed by atoms with Crippen molar-refractivity contribution >= 4 is 12.6 Å². The molecule has 0 fully saturated rings. The third-order valence-electron chi connectivity index (χ3n) is 2.51. The van der Waals surface area contributed by atoms with E-state index in [4.69, 9.17) is 19.5 Å². The SMILES string of the molecule is COc1cc(Oc2cccc(F)c2)ccc1B(O)O. The second-order valence-electron chi connectivity index (χ2n) is 3.84. The minimum atomic E-state index is -1.63. The van der Waals surface area contributed by atoms with Crippen LogP contribution in [-0.4, -0.2) is 24.3 Å². The first-order valence-corrected chi connectivity index (χ1v) is 5.57. The summed E-state index contributed by atoms with van der Waals surface area (Å²) in [6.45, 7) is 0. The second-order valence-corrected chi connectivity index (χ2v) is 3.84. The monoisotopic (exact) mass is 262 g/mol. The average Bonchev–Trinajstić information content (AvgIpc) is 2.38. The van der Waals surface area contributed by atoms with Crippen LogP contribution < -0.4 is 14.9 Å². The molecule has 19 heavy (non-hydrogen) atoms. The fraction of sp³-hybridized carbons (Fsp3) is 0.0769. The molecule has 0 saturated carbocycles. The minimum absolute atomic E-state index is 0.231. The Labute approximate surface area is 110 Å². The van der Waals surface area contributed by atoms with Crippen LogP contribution in [0, 0.1) is 5.82 Å². The molecule has 0 aliphatic heterocycles. The lowest BCUT2D eigenvalue weighted by molar-refractivity contribution is 0.399. The molecule has 98 valence electrons. The minimum Gasteiger partial charge on any atom is -0.497 e. The zero-order chi connectivity index (χ0) is 13.8. The molecule has 0 bridgehead atoms. The highest BCUT2D eigenvalue weighted by Gasteiger charge is 2.17. The molecule has 6 heteroatoms. The van der Waals surface area contributed by atoms with E-state index in [9.17, 15) is 4.39 Å². The molecule has 0 spiro atoms. The maximum Gasteiger partial charge on any atom is 0.492 e. The number of hydrogen-bond donors (Lipinski definition) is 2. The maximum atomic E-state index is 13.0. The zero-order valence-corrected chi connectivity index (χ0v) is 10.2. The van der Waals surface area contributed by atoms with Crippen molar-refractivity contribution < 1.29 is 23.9 Å². The van der Waals surface area contributed by atoms with Gasteiger partial charge < -0.3 is 19.5 Å². The summed E-state index contributed by atoms with van der Waals surface area (Å²) >= 11 is 0. The average molecular weight is 262 g/mol. The van der Waals surface area contributed by atoms with E-state index in [-0.39, 0.29) is 11.2 Å². The van der Waals surface area contributed by atoms with Gasteiger partial charge in [0.05, 0.1) is 7.11 Å². The van der Waals surface area contributed by atoms with Crippen LogP contribution in [-0.2, 0) is 0 Å². The van der Waals surface area contributed by atoms with Crippen molar-refractivity contribution in [2.45, 2.75) is 0 Å². The molecule has 0 aliphatic carbocycles. The summed E-state index contributed by atoms with van der Waals surface area (Å²) < 4.78 is 23.5. The molecule has 0 unspecified atom stereocenters. The van der Waals surface area contributed by atoms with Crippen LogP contribution >= 0.6 is 0 Å². The van der Waals surface area contributed by atoms with Crippen molar-refractivity contribution in [2.24, 2.45) is 0 Å². The molecule has 0 saturated heterocycles. The molecule has 2 aromatic rings. The highest BCUT2D eigenvalue weighted by Crippen LogP contribution is 2.24. The van der Waals surface area contributed by atoms with Gasteiger partial charge >= 0.3 is 7.12 Å². The second kappa shape index (κ2) is 5.73. The van der Waals surface area contributed by atoms with Crippen LogP contribution in [0.5, 0.6) is 17.2 Å². The summed E-state index contributed by atoms with van der Waals surface area (Å²) in [6, 6.07) is 10.2. The third-order valence-corrected chi connectivity index (χ3v) is 2.51. The van der Waals surface area contributed by atoms with Crippen LogP contribution in [0.3, 0.4) is 0 Å². The third kappa shape index (κ3) is 3.24. The van der Waals surface area contributed by atoms with Crippen LogP contribution in [0.1, 0.15) is 0 Å². The molecule has 2 aromatic carbocycles. The van der Waals surface area contributed by atoms with Gasteiger partial charge in [0.15, 0.2) is 0 Å². The van der Waals surface area contributed by atoms with E-state index in [0.717, 1.165) is 0 Å². The Morgan fingerprint density at radius 3 is 2.42 bits per heavy atom. The normalized spacial score (nSPS) is 10.1. The van der Waals surface area contributed by atoms with Gasteiger partial charge in [0, 0.05) is 17.6 Å². The summed E-state index contributed by atoms with van der Waals surface area (Å²) in [7, 11) is -0.217. The number of ether oxygens (including phenoxy) is 2. The number of rotatable bonds is 4. The van der Waals surface area contributed by atoms with Gasteiger partial charge in [-0.2, -0.15) is 0 Å². The Morgan fingerprint density at radius 1 is 1.05 bits per heavy atom. The van der Waals surface area contributed by atoms with E-state index in [1.807, 2.05) is 0 Å². The van der Waals surface area contributed by atoms with E-state index in [1.54, 1.807) is 12.1 Å². The molecular formula is C13H12BFO4. The van der Waals surface area contributed by atoms with E-state index >= 15 is 0 Å². The van der Waals surface area contributed by atoms with Crippen molar-refractivity contribution in [1.82, 2.24) is 0 Å². The summed E-state index contributed by atoms with van der Waals surface area (Å²) in [5.41, 5.74) is 0.231. The van der Waals surface area contributed by atoms with E-state index in [0.29, 0.717) is 11.5 Å². The highest BCUT2D eigenvalue weighted by molar-refractivity contribution is 6.59. The number of methoxy groups -OCH3 is 1. The molecule has 2 N–H and O–H groups in total. The smallest absolute Gasteiger partial charge is 0.492 e. The van der Waals surface area contributed by atoms with E-state index in [2.05, 4.69) is 0 Å². The van der Waals surface area contributed by atoms with Crippen molar-refractivity contribution in [1.29, 1.82) is 0 Å². The predicted molar refractivity (Wildman–Crippen MR) is 69.3 cm³/mol. The van der Waals surface area contributed by atoms with Crippen LogP contribution in [0.4, 0.5) is 4.39 Å². The Bertz CT molecular complexity index is 574.